The minimum atomic E-state index is -0.783. The smallest absolute Gasteiger partial charge is 0.311 e. The number of hydrogen-bond acceptors (Lipinski definition) is 4. The highest BCUT2D eigenvalue weighted by Gasteiger charge is 2.64. The van der Waals surface area contributed by atoms with Crippen molar-refractivity contribution in [1.29, 1.82) is 0 Å². The highest BCUT2D eigenvalue weighted by atomic mass is 16.5. The fourth-order valence-corrected chi connectivity index (χ4v) is 4.46. The first-order valence-electron chi connectivity index (χ1n) is 7.41. The van der Waals surface area contributed by atoms with Gasteiger partial charge in [0.2, 0.25) is 5.91 Å². The summed E-state index contributed by atoms with van der Waals surface area (Å²) in [7, 11) is 1.41. The van der Waals surface area contributed by atoms with Gasteiger partial charge in [0.15, 0.2) is 0 Å². The van der Waals surface area contributed by atoms with E-state index in [9.17, 15) is 9.59 Å². The zero-order valence-corrected chi connectivity index (χ0v) is 12.0. The molecule has 5 nitrogen and oxygen atoms in total. The van der Waals surface area contributed by atoms with Crippen LogP contribution >= 0.6 is 0 Å². The van der Waals surface area contributed by atoms with Crippen molar-refractivity contribution in [2.75, 3.05) is 25.5 Å². The summed E-state index contributed by atoms with van der Waals surface area (Å²) < 4.78 is 5.05. The summed E-state index contributed by atoms with van der Waals surface area (Å²) >= 11 is 0. The number of nitrogens with one attached hydrogen (secondary N) is 1. The molecule has 0 aliphatic carbocycles. The van der Waals surface area contributed by atoms with E-state index in [4.69, 9.17) is 4.74 Å². The first kappa shape index (κ1) is 12.8. The summed E-state index contributed by atoms with van der Waals surface area (Å²) in [6.07, 6.45) is 2.04. The molecule has 2 saturated heterocycles. The van der Waals surface area contributed by atoms with E-state index in [0.717, 1.165) is 30.6 Å². The molecular weight excluding hydrogens is 268 g/mol. The average Bonchev–Trinajstić information content (AvgIpc) is 3.12. The minimum Gasteiger partial charge on any atom is -0.469 e. The number of amides is 1. The van der Waals surface area contributed by atoms with Gasteiger partial charge in [0.05, 0.1) is 13.0 Å². The Morgan fingerprint density at radius 2 is 2.24 bits per heavy atom. The normalized spacial score (nSPS) is 33.9. The minimum absolute atomic E-state index is 0.0616. The zero-order chi connectivity index (χ0) is 14.6. The van der Waals surface area contributed by atoms with Crippen LogP contribution < -0.4 is 5.32 Å². The molecule has 3 aliphatic rings. The Morgan fingerprint density at radius 1 is 1.43 bits per heavy atom. The molecule has 0 aromatic heterocycles. The molecule has 1 N–H and O–H groups in total. The lowest BCUT2D eigenvalue weighted by Gasteiger charge is -2.28. The Kier molecular flexibility index (Phi) is 2.63. The van der Waals surface area contributed by atoms with E-state index in [2.05, 4.69) is 10.2 Å². The lowest BCUT2D eigenvalue weighted by Crippen LogP contribution is -2.47. The number of carbonyl (C=O) groups excluding carboxylic acids is 2. The number of carbonyl (C=O) groups is 2. The summed E-state index contributed by atoms with van der Waals surface area (Å²) in [5.74, 6) is -0.738. The van der Waals surface area contributed by atoms with Gasteiger partial charge in [0.25, 0.3) is 0 Å². The van der Waals surface area contributed by atoms with Crippen molar-refractivity contribution in [1.82, 2.24) is 4.90 Å². The number of fused-ring (bicyclic) bond motifs is 3. The SMILES string of the molecule is COC(=O)C1C2CCCN2CC12C(=O)Nc1ccccc12. The third-order valence-electron chi connectivity index (χ3n) is 5.30. The van der Waals surface area contributed by atoms with Gasteiger partial charge in [-0.1, -0.05) is 18.2 Å². The lowest BCUT2D eigenvalue weighted by molar-refractivity contribution is -0.150. The summed E-state index contributed by atoms with van der Waals surface area (Å²) in [4.78, 5) is 27.5. The standard InChI is InChI=1S/C16H18N2O3/c1-21-14(19)13-12-7-4-8-18(12)9-16(13)10-5-2-3-6-11(10)17-15(16)20/h2-3,5-6,12-13H,4,7-9H2,1H3,(H,17,20). The van der Waals surface area contributed by atoms with Crippen molar-refractivity contribution in [2.24, 2.45) is 5.92 Å². The fraction of sp³-hybridized carbons (Fsp3) is 0.500. The molecule has 1 spiro atoms. The van der Waals surface area contributed by atoms with Crippen LogP contribution in [0.4, 0.5) is 5.69 Å². The number of esters is 1. The Balaban J connectivity index is 1.89. The van der Waals surface area contributed by atoms with E-state index in [1.54, 1.807) is 0 Å². The Hall–Kier alpha value is -1.88. The molecule has 110 valence electrons. The van der Waals surface area contributed by atoms with E-state index in [1.807, 2.05) is 24.3 Å². The third-order valence-corrected chi connectivity index (χ3v) is 5.30. The maximum atomic E-state index is 12.8. The second kappa shape index (κ2) is 4.31. The van der Waals surface area contributed by atoms with Crippen LogP contribution in [0.25, 0.3) is 0 Å². The number of hydrogen-bond donors (Lipinski definition) is 1. The van der Waals surface area contributed by atoms with Crippen molar-refractivity contribution in [2.45, 2.75) is 24.3 Å². The van der Waals surface area contributed by atoms with Gasteiger partial charge in [-0.25, -0.2) is 0 Å². The maximum Gasteiger partial charge on any atom is 0.311 e. The molecule has 2 fully saturated rings. The second-order valence-corrected chi connectivity index (χ2v) is 6.15. The number of anilines is 1. The fourth-order valence-electron chi connectivity index (χ4n) is 4.46. The van der Waals surface area contributed by atoms with Gasteiger partial charge >= 0.3 is 5.97 Å². The summed E-state index contributed by atoms with van der Waals surface area (Å²) in [5.41, 5.74) is 0.992. The van der Waals surface area contributed by atoms with Crippen LogP contribution in [0.15, 0.2) is 24.3 Å². The molecule has 0 radical (unpaired) electrons. The molecule has 0 saturated carbocycles. The van der Waals surface area contributed by atoms with Crippen molar-refractivity contribution in [3.8, 4) is 0 Å². The van der Waals surface area contributed by atoms with E-state index < -0.39 is 11.3 Å². The quantitative estimate of drug-likeness (QED) is 0.787. The second-order valence-electron chi connectivity index (χ2n) is 6.15. The number of ether oxygens (including phenoxy) is 1. The first-order valence-corrected chi connectivity index (χ1v) is 7.41. The topological polar surface area (TPSA) is 58.6 Å². The largest absolute Gasteiger partial charge is 0.469 e. The predicted octanol–water partition coefficient (Wildman–Crippen LogP) is 1.14. The van der Waals surface area contributed by atoms with Crippen LogP contribution in [0.1, 0.15) is 18.4 Å². The van der Waals surface area contributed by atoms with E-state index in [-0.39, 0.29) is 17.9 Å². The Labute approximate surface area is 123 Å². The van der Waals surface area contributed by atoms with Crippen molar-refractivity contribution in [3.63, 3.8) is 0 Å². The number of benzene rings is 1. The van der Waals surface area contributed by atoms with Gasteiger partial charge in [0.1, 0.15) is 5.41 Å². The van der Waals surface area contributed by atoms with Gasteiger partial charge in [-0.2, -0.15) is 0 Å². The van der Waals surface area contributed by atoms with Crippen molar-refractivity contribution >= 4 is 17.6 Å². The molecule has 3 unspecified atom stereocenters. The van der Waals surface area contributed by atoms with Gasteiger partial charge in [0, 0.05) is 18.3 Å². The third kappa shape index (κ3) is 1.50. The predicted molar refractivity (Wildman–Crippen MR) is 76.9 cm³/mol. The summed E-state index contributed by atoms with van der Waals surface area (Å²) in [6, 6.07) is 7.82. The van der Waals surface area contributed by atoms with Crippen molar-refractivity contribution < 1.29 is 14.3 Å². The van der Waals surface area contributed by atoms with E-state index in [1.165, 1.54) is 7.11 Å². The van der Waals surface area contributed by atoms with Crippen molar-refractivity contribution in [3.05, 3.63) is 29.8 Å². The number of para-hydroxylation sites is 1. The van der Waals surface area contributed by atoms with Crippen LogP contribution in [-0.4, -0.2) is 43.0 Å². The summed E-state index contributed by atoms with van der Waals surface area (Å²) in [6.45, 7) is 1.57. The van der Waals surface area contributed by atoms with Crippen LogP contribution in [0.5, 0.6) is 0 Å². The van der Waals surface area contributed by atoms with E-state index >= 15 is 0 Å². The number of rotatable bonds is 1. The molecule has 1 aromatic rings. The van der Waals surface area contributed by atoms with Crippen LogP contribution in [0, 0.1) is 5.92 Å². The maximum absolute atomic E-state index is 12.8. The molecule has 1 aromatic carbocycles. The van der Waals surface area contributed by atoms with Crippen LogP contribution in [0.3, 0.4) is 0 Å². The molecule has 5 heteroatoms. The lowest BCUT2D eigenvalue weighted by atomic mass is 9.70. The molecule has 1 amide bonds. The van der Waals surface area contributed by atoms with Crippen LogP contribution in [-0.2, 0) is 19.7 Å². The molecule has 4 rings (SSSR count). The molecule has 3 aliphatic heterocycles. The average molecular weight is 286 g/mol. The molecule has 3 heterocycles. The highest BCUT2D eigenvalue weighted by Crippen LogP contribution is 2.52. The van der Waals surface area contributed by atoms with Gasteiger partial charge in [-0.3, -0.25) is 14.5 Å². The molecule has 0 bridgehead atoms. The molecular formula is C16H18N2O3. The van der Waals surface area contributed by atoms with Gasteiger partial charge in [-0.15, -0.1) is 0 Å². The Bertz CT molecular complexity index is 630. The first-order chi connectivity index (χ1) is 10.2. The number of methoxy groups -OCH3 is 1. The highest BCUT2D eigenvalue weighted by molar-refractivity contribution is 6.09. The summed E-state index contributed by atoms with van der Waals surface area (Å²) in [5, 5.41) is 2.96. The van der Waals surface area contributed by atoms with Gasteiger partial charge < -0.3 is 10.1 Å². The monoisotopic (exact) mass is 286 g/mol. The zero-order valence-electron chi connectivity index (χ0n) is 12.0. The van der Waals surface area contributed by atoms with Crippen LogP contribution in [0.2, 0.25) is 0 Å². The Morgan fingerprint density at radius 3 is 3.05 bits per heavy atom. The van der Waals surface area contributed by atoms with Gasteiger partial charge in [-0.05, 0) is 31.0 Å². The number of nitrogens with zero attached hydrogens (tertiary/aromatic N) is 1. The van der Waals surface area contributed by atoms with E-state index in [0.29, 0.717) is 6.54 Å². The molecule has 3 atom stereocenters. The molecule has 21 heavy (non-hydrogen) atoms.